The summed E-state index contributed by atoms with van der Waals surface area (Å²) in [7, 11) is -3.28. The van der Waals surface area contributed by atoms with Gasteiger partial charge in [-0.1, -0.05) is 36.4 Å². The van der Waals surface area contributed by atoms with Crippen molar-refractivity contribution in [2.45, 2.75) is 18.3 Å². The van der Waals surface area contributed by atoms with Crippen molar-refractivity contribution >= 4 is 49.4 Å². The number of aromatic nitrogens is 1. The molecule has 1 saturated heterocycles. The summed E-state index contributed by atoms with van der Waals surface area (Å²) in [5, 5.41) is 10.4. The summed E-state index contributed by atoms with van der Waals surface area (Å²) in [4.78, 5) is 19.9. The predicted octanol–water partition coefficient (Wildman–Crippen LogP) is 3.78. The molecule has 7 nitrogen and oxygen atoms in total. The number of amides is 1. The van der Waals surface area contributed by atoms with Gasteiger partial charge in [0.05, 0.1) is 28.8 Å². The van der Waals surface area contributed by atoms with Crippen LogP contribution in [0.2, 0.25) is 0 Å². The van der Waals surface area contributed by atoms with Crippen LogP contribution in [0.25, 0.3) is 22.0 Å². The van der Waals surface area contributed by atoms with Crippen molar-refractivity contribution in [1.29, 1.82) is 5.26 Å². The highest BCUT2D eigenvalue weighted by Crippen LogP contribution is 2.48. The zero-order valence-corrected chi connectivity index (χ0v) is 21.6. The van der Waals surface area contributed by atoms with Gasteiger partial charge in [0.25, 0.3) is 5.91 Å². The van der Waals surface area contributed by atoms with Gasteiger partial charge in [-0.3, -0.25) is 9.78 Å². The Kier molecular flexibility index (Phi) is 5.86. The Hall–Kier alpha value is -2.55. The lowest BCUT2D eigenvalue weighted by molar-refractivity contribution is 0.0699. The number of sulfonamides is 1. The van der Waals surface area contributed by atoms with Crippen LogP contribution in [-0.4, -0.2) is 60.9 Å². The molecule has 2 aromatic carbocycles. The Morgan fingerprint density at radius 1 is 1.09 bits per heavy atom. The minimum Gasteiger partial charge on any atom is -0.336 e. The zero-order chi connectivity index (χ0) is 24.1. The van der Waals surface area contributed by atoms with E-state index in [0.717, 1.165) is 44.0 Å². The van der Waals surface area contributed by atoms with Crippen molar-refractivity contribution < 1.29 is 13.2 Å². The van der Waals surface area contributed by atoms with E-state index in [0.29, 0.717) is 18.7 Å². The Labute approximate surface area is 212 Å². The summed E-state index contributed by atoms with van der Waals surface area (Å²) >= 11 is 2.25. The van der Waals surface area contributed by atoms with Gasteiger partial charge in [-0.2, -0.15) is 9.57 Å². The molecule has 0 unspecified atom stereocenters. The number of fused-ring (bicyclic) bond motifs is 1. The third-order valence-corrected chi connectivity index (χ3v) is 8.94. The van der Waals surface area contributed by atoms with Crippen molar-refractivity contribution in [3.8, 4) is 17.2 Å². The van der Waals surface area contributed by atoms with E-state index in [9.17, 15) is 18.5 Å². The topological polar surface area (TPSA) is 94.4 Å². The number of benzene rings is 2. The van der Waals surface area contributed by atoms with E-state index in [4.69, 9.17) is 0 Å². The van der Waals surface area contributed by atoms with Crippen molar-refractivity contribution in [2.24, 2.45) is 0 Å². The normalized spacial score (nSPS) is 18.0. The molecular weight excluding hydrogens is 563 g/mol. The summed E-state index contributed by atoms with van der Waals surface area (Å²) in [5.41, 5.74) is 3.67. The number of hydrogen-bond acceptors (Lipinski definition) is 5. The first-order valence-corrected chi connectivity index (χ1v) is 14.0. The molecule has 2 heterocycles. The van der Waals surface area contributed by atoms with E-state index < -0.39 is 10.0 Å². The van der Waals surface area contributed by atoms with Gasteiger partial charge < -0.3 is 4.90 Å². The third kappa shape index (κ3) is 4.08. The van der Waals surface area contributed by atoms with Crippen LogP contribution in [0.3, 0.4) is 0 Å². The van der Waals surface area contributed by atoms with Gasteiger partial charge in [0.2, 0.25) is 10.0 Å². The number of halogens is 1. The molecule has 2 fully saturated rings. The minimum atomic E-state index is -3.28. The van der Waals surface area contributed by atoms with E-state index >= 15 is 0 Å². The number of carbonyl (C=O) groups excluding carboxylic acids is 1. The van der Waals surface area contributed by atoms with E-state index in [1.165, 1.54) is 10.6 Å². The average Bonchev–Trinajstić information content (AvgIpc) is 3.64. The fourth-order valence-electron chi connectivity index (χ4n) is 4.60. The van der Waals surface area contributed by atoms with Gasteiger partial charge in [-0.15, -0.1) is 0 Å². The molecule has 5 rings (SSSR count). The van der Waals surface area contributed by atoms with E-state index in [2.05, 4.69) is 33.6 Å². The molecule has 0 spiro atoms. The number of pyridine rings is 1. The number of piperazine rings is 1. The standard InChI is InChI=1S/C25H23IN4O3S/c1-34(32,33)30-13-11-29(12-14-30)24(31)20-15-28-23-19(3-2-4-21(23)26)22(20)17-5-7-18(8-6-17)25(16-27)9-10-25/h2-8,15H,9-14H2,1H3. The Bertz CT molecular complexity index is 1440. The molecule has 0 atom stereocenters. The lowest BCUT2D eigenvalue weighted by atomic mass is 9.92. The molecule has 174 valence electrons. The Morgan fingerprint density at radius 2 is 1.76 bits per heavy atom. The first-order valence-electron chi connectivity index (χ1n) is 11.1. The van der Waals surface area contributed by atoms with Crippen LogP contribution in [0, 0.1) is 14.9 Å². The van der Waals surface area contributed by atoms with Crippen molar-refractivity contribution in [3.05, 3.63) is 63.4 Å². The lowest BCUT2D eigenvalue weighted by Gasteiger charge is -2.33. The van der Waals surface area contributed by atoms with E-state index in [1.807, 2.05) is 42.5 Å². The quantitative estimate of drug-likeness (QED) is 0.434. The van der Waals surface area contributed by atoms with Gasteiger partial charge >= 0.3 is 0 Å². The Balaban J connectivity index is 1.56. The van der Waals surface area contributed by atoms with Crippen molar-refractivity contribution in [2.75, 3.05) is 32.4 Å². The Morgan fingerprint density at radius 3 is 2.35 bits per heavy atom. The maximum Gasteiger partial charge on any atom is 0.256 e. The van der Waals surface area contributed by atoms with Crippen LogP contribution in [0.4, 0.5) is 0 Å². The van der Waals surface area contributed by atoms with Crippen LogP contribution < -0.4 is 0 Å². The molecular formula is C25H23IN4O3S. The maximum atomic E-state index is 13.6. The molecule has 1 amide bonds. The van der Waals surface area contributed by atoms with Crippen molar-refractivity contribution in [3.63, 3.8) is 0 Å². The van der Waals surface area contributed by atoms with Crippen LogP contribution in [-0.2, 0) is 15.4 Å². The van der Waals surface area contributed by atoms with Crippen LogP contribution in [0.5, 0.6) is 0 Å². The number of para-hydroxylation sites is 1. The molecule has 1 saturated carbocycles. The molecule has 9 heteroatoms. The molecule has 0 N–H and O–H groups in total. The highest BCUT2D eigenvalue weighted by Gasteiger charge is 2.44. The highest BCUT2D eigenvalue weighted by molar-refractivity contribution is 14.1. The number of rotatable bonds is 4. The van der Waals surface area contributed by atoms with Gasteiger partial charge in [-0.05, 0) is 52.6 Å². The summed E-state index contributed by atoms with van der Waals surface area (Å²) in [6, 6.07) is 16.3. The molecule has 1 aliphatic carbocycles. The summed E-state index contributed by atoms with van der Waals surface area (Å²) in [5.74, 6) is -0.156. The van der Waals surface area contributed by atoms with Gasteiger partial charge in [0, 0.05) is 46.9 Å². The summed E-state index contributed by atoms with van der Waals surface area (Å²) in [6.45, 7) is 1.23. The molecule has 34 heavy (non-hydrogen) atoms. The largest absolute Gasteiger partial charge is 0.336 e. The average molecular weight is 586 g/mol. The molecule has 0 bridgehead atoms. The fourth-order valence-corrected chi connectivity index (χ4v) is 6.06. The van der Waals surface area contributed by atoms with Gasteiger partial charge in [0.1, 0.15) is 0 Å². The van der Waals surface area contributed by atoms with Gasteiger partial charge in [-0.25, -0.2) is 8.42 Å². The number of hydrogen-bond donors (Lipinski definition) is 0. The highest BCUT2D eigenvalue weighted by atomic mass is 127. The maximum absolute atomic E-state index is 13.6. The fraction of sp³-hybridized carbons (Fsp3) is 0.320. The molecule has 1 aromatic heterocycles. The number of nitrogens with zero attached hydrogens (tertiary/aromatic N) is 4. The summed E-state index contributed by atoms with van der Waals surface area (Å²) in [6.07, 6.45) is 4.58. The summed E-state index contributed by atoms with van der Waals surface area (Å²) < 4.78 is 26.1. The lowest BCUT2D eigenvalue weighted by Crippen LogP contribution is -2.50. The SMILES string of the molecule is CS(=O)(=O)N1CCN(C(=O)c2cnc3c(I)cccc3c2-c2ccc(C3(C#N)CC3)cc2)CC1. The van der Waals surface area contributed by atoms with Crippen LogP contribution in [0.15, 0.2) is 48.7 Å². The van der Waals surface area contributed by atoms with Crippen LogP contribution in [0.1, 0.15) is 28.8 Å². The van der Waals surface area contributed by atoms with E-state index in [-0.39, 0.29) is 24.4 Å². The van der Waals surface area contributed by atoms with Crippen molar-refractivity contribution in [1.82, 2.24) is 14.2 Å². The van der Waals surface area contributed by atoms with Gasteiger partial charge in [0.15, 0.2) is 0 Å². The molecule has 0 radical (unpaired) electrons. The molecule has 3 aromatic rings. The first kappa shape index (κ1) is 23.2. The first-order chi connectivity index (χ1) is 16.2. The van der Waals surface area contributed by atoms with E-state index in [1.54, 1.807) is 11.1 Å². The smallest absolute Gasteiger partial charge is 0.256 e. The zero-order valence-electron chi connectivity index (χ0n) is 18.7. The monoisotopic (exact) mass is 586 g/mol. The minimum absolute atomic E-state index is 0.156. The predicted molar refractivity (Wildman–Crippen MR) is 139 cm³/mol. The second kappa shape index (κ2) is 8.59. The second-order valence-corrected chi connectivity index (χ2v) is 12.1. The number of nitriles is 1. The second-order valence-electron chi connectivity index (χ2n) is 8.91. The van der Waals surface area contributed by atoms with Crippen LogP contribution >= 0.6 is 22.6 Å². The third-order valence-electron chi connectivity index (χ3n) is 6.76. The molecule has 1 aliphatic heterocycles. The number of carbonyl (C=O) groups is 1. The molecule has 2 aliphatic rings.